The van der Waals surface area contributed by atoms with Crippen molar-refractivity contribution in [2.75, 3.05) is 11.5 Å². The third-order valence-electron chi connectivity index (χ3n) is 7.37. The van der Waals surface area contributed by atoms with Crippen molar-refractivity contribution >= 4 is 29.8 Å². The topological polar surface area (TPSA) is 54.0 Å². The molecule has 0 saturated carbocycles. The second kappa shape index (κ2) is 18.2. The average molecular weight is 629 g/mol. The first-order valence-electron chi connectivity index (χ1n) is 15.1. The van der Waals surface area contributed by atoms with Crippen molar-refractivity contribution in [1.29, 1.82) is 0 Å². The van der Waals surface area contributed by atoms with E-state index in [0.717, 1.165) is 46.5 Å². The SMILES string of the molecule is O=C[C@@H](OCc1ccccc1)[C@@H](OCc1ccccc1)[C@H](OCc1ccccc1)[C@@H](OCc1ccccc1)C1SCCCS1. The monoisotopic (exact) mass is 628 g/mol. The number of rotatable bonds is 17. The summed E-state index contributed by atoms with van der Waals surface area (Å²) in [7, 11) is 0. The Labute approximate surface area is 269 Å². The molecule has 4 atom stereocenters. The second-order valence-electron chi connectivity index (χ2n) is 10.6. The molecule has 1 saturated heterocycles. The van der Waals surface area contributed by atoms with Gasteiger partial charge in [-0.1, -0.05) is 121 Å². The number of hydrogen-bond acceptors (Lipinski definition) is 7. The van der Waals surface area contributed by atoms with Gasteiger partial charge in [-0.3, -0.25) is 0 Å². The molecule has 0 aromatic heterocycles. The van der Waals surface area contributed by atoms with Crippen LogP contribution in [0, 0.1) is 0 Å². The highest BCUT2D eigenvalue weighted by Crippen LogP contribution is 2.38. The lowest BCUT2D eigenvalue weighted by atomic mass is 10.0. The van der Waals surface area contributed by atoms with Gasteiger partial charge >= 0.3 is 0 Å². The van der Waals surface area contributed by atoms with Gasteiger partial charge in [-0.05, 0) is 40.2 Å². The van der Waals surface area contributed by atoms with Crippen molar-refractivity contribution in [1.82, 2.24) is 0 Å². The predicted molar refractivity (Wildman–Crippen MR) is 179 cm³/mol. The van der Waals surface area contributed by atoms with Crippen LogP contribution in [-0.4, -0.2) is 46.8 Å². The molecule has 5 nitrogen and oxygen atoms in total. The van der Waals surface area contributed by atoms with Gasteiger partial charge in [-0.25, -0.2) is 0 Å². The van der Waals surface area contributed by atoms with E-state index in [-0.39, 0.29) is 17.3 Å². The van der Waals surface area contributed by atoms with Crippen LogP contribution in [0.15, 0.2) is 121 Å². The maximum atomic E-state index is 12.8. The van der Waals surface area contributed by atoms with Crippen LogP contribution in [0.2, 0.25) is 0 Å². The zero-order valence-corrected chi connectivity index (χ0v) is 26.5. The maximum absolute atomic E-state index is 12.8. The average Bonchev–Trinajstić information content (AvgIpc) is 3.10. The van der Waals surface area contributed by atoms with Crippen molar-refractivity contribution in [2.24, 2.45) is 0 Å². The molecule has 0 radical (unpaired) electrons. The Balaban J connectivity index is 1.47. The highest BCUT2D eigenvalue weighted by Gasteiger charge is 2.43. The molecule has 1 fully saturated rings. The summed E-state index contributed by atoms with van der Waals surface area (Å²) in [5, 5.41) is 0. The molecule has 4 aromatic rings. The van der Waals surface area contributed by atoms with E-state index in [1.165, 1.54) is 0 Å². The molecule has 44 heavy (non-hydrogen) atoms. The second-order valence-corrected chi connectivity index (χ2v) is 13.4. The summed E-state index contributed by atoms with van der Waals surface area (Å²) in [5.74, 6) is 2.09. The predicted octanol–water partition coefficient (Wildman–Crippen LogP) is 7.72. The standard InChI is InChI=1S/C37H40O5S2/c38-24-33(39-25-29-14-5-1-6-15-29)34(40-26-30-16-7-2-8-17-30)35(41-27-31-18-9-3-10-19-31)36(37-43-22-13-23-44-37)42-28-32-20-11-4-12-21-32/h1-12,14-21,24,33-37H,13,22-23,25-28H2/t33-,34-,35+,36-/m1/s1. The molecule has 1 aliphatic rings. The lowest BCUT2D eigenvalue weighted by Crippen LogP contribution is -2.53. The normalized spacial score (nSPS) is 16.5. The minimum atomic E-state index is -0.874. The van der Waals surface area contributed by atoms with Gasteiger partial charge in [0.05, 0.1) is 31.0 Å². The Kier molecular flexibility index (Phi) is 13.4. The van der Waals surface area contributed by atoms with Crippen LogP contribution in [0.1, 0.15) is 28.7 Å². The minimum Gasteiger partial charge on any atom is -0.369 e. The fourth-order valence-corrected chi connectivity index (χ4v) is 8.13. The highest BCUT2D eigenvalue weighted by atomic mass is 32.2. The molecule has 0 unspecified atom stereocenters. The van der Waals surface area contributed by atoms with E-state index in [1.54, 1.807) is 0 Å². The van der Waals surface area contributed by atoms with Crippen LogP contribution in [0.5, 0.6) is 0 Å². The fraction of sp³-hybridized carbons (Fsp3) is 0.324. The Hall–Kier alpha value is -2.91. The van der Waals surface area contributed by atoms with Gasteiger partial charge in [-0.2, -0.15) is 0 Å². The Morgan fingerprint density at radius 1 is 0.545 bits per heavy atom. The maximum Gasteiger partial charge on any atom is 0.151 e. The molecule has 0 bridgehead atoms. The number of thioether (sulfide) groups is 2. The Morgan fingerprint density at radius 3 is 1.36 bits per heavy atom. The van der Waals surface area contributed by atoms with Crippen LogP contribution in [-0.2, 0) is 50.2 Å². The summed E-state index contributed by atoms with van der Waals surface area (Å²) in [5.41, 5.74) is 4.12. The molecule has 0 aliphatic carbocycles. The number of hydrogen-bond donors (Lipinski definition) is 0. The molecular weight excluding hydrogens is 589 g/mol. The first-order chi connectivity index (χ1) is 21.8. The van der Waals surface area contributed by atoms with E-state index in [0.29, 0.717) is 19.8 Å². The largest absolute Gasteiger partial charge is 0.369 e. The van der Waals surface area contributed by atoms with Crippen molar-refractivity contribution in [3.8, 4) is 0 Å². The van der Waals surface area contributed by atoms with Crippen LogP contribution < -0.4 is 0 Å². The van der Waals surface area contributed by atoms with E-state index < -0.39 is 18.3 Å². The number of aldehydes is 1. The number of benzene rings is 4. The van der Waals surface area contributed by atoms with Crippen molar-refractivity contribution in [3.05, 3.63) is 144 Å². The van der Waals surface area contributed by atoms with E-state index in [4.69, 9.17) is 18.9 Å². The van der Waals surface area contributed by atoms with Gasteiger partial charge in [0.1, 0.15) is 24.4 Å². The fourth-order valence-electron chi connectivity index (χ4n) is 5.06. The van der Waals surface area contributed by atoms with E-state index in [9.17, 15) is 4.79 Å². The van der Waals surface area contributed by atoms with Gasteiger partial charge in [0.2, 0.25) is 0 Å². The van der Waals surface area contributed by atoms with Gasteiger partial charge in [-0.15, -0.1) is 23.5 Å². The quantitative estimate of drug-likeness (QED) is 0.111. The van der Waals surface area contributed by atoms with Crippen LogP contribution in [0.4, 0.5) is 0 Å². The third-order valence-corrected chi connectivity index (χ3v) is 10.4. The van der Waals surface area contributed by atoms with E-state index in [1.807, 2.05) is 133 Å². The zero-order chi connectivity index (χ0) is 30.2. The van der Waals surface area contributed by atoms with E-state index >= 15 is 0 Å². The van der Waals surface area contributed by atoms with Crippen molar-refractivity contribution in [2.45, 2.75) is 61.8 Å². The molecule has 0 amide bonds. The molecule has 4 aromatic carbocycles. The molecule has 5 rings (SSSR count). The Bertz CT molecular complexity index is 1340. The molecule has 0 spiro atoms. The number of carbonyl (C=O) groups excluding carboxylic acids is 1. The van der Waals surface area contributed by atoms with Gasteiger partial charge in [0, 0.05) is 0 Å². The van der Waals surface area contributed by atoms with Crippen molar-refractivity contribution in [3.63, 3.8) is 0 Å². The van der Waals surface area contributed by atoms with Gasteiger partial charge in [0.15, 0.2) is 6.29 Å². The highest BCUT2D eigenvalue weighted by molar-refractivity contribution is 8.17. The molecule has 1 aliphatic heterocycles. The lowest BCUT2D eigenvalue weighted by molar-refractivity contribution is -0.185. The molecule has 1 heterocycles. The lowest BCUT2D eigenvalue weighted by Gasteiger charge is -2.40. The summed E-state index contributed by atoms with van der Waals surface area (Å²) in [6.45, 7) is 1.37. The van der Waals surface area contributed by atoms with E-state index in [2.05, 4.69) is 12.1 Å². The first kappa shape index (κ1) is 32.5. The molecule has 7 heteroatoms. The van der Waals surface area contributed by atoms with Crippen LogP contribution >= 0.6 is 23.5 Å². The first-order valence-corrected chi connectivity index (χ1v) is 17.2. The van der Waals surface area contributed by atoms with Crippen LogP contribution in [0.25, 0.3) is 0 Å². The molecule has 230 valence electrons. The molecular formula is C37H40O5S2. The van der Waals surface area contributed by atoms with Gasteiger partial charge in [0.25, 0.3) is 0 Å². The Morgan fingerprint density at radius 2 is 0.932 bits per heavy atom. The van der Waals surface area contributed by atoms with Gasteiger partial charge < -0.3 is 23.7 Å². The number of ether oxygens (including phenoxy) is 4. The minimum absolute atomic E-state index is 0.109. The smallest absolute Gasteiger partial charge is 0.151 e. The summed E-state index contributed by atoms with van der Waals surface area (Å²) in [6, 6.07) is 40.2. The summed E-state index contributed by atoms with van der Waals surface area (Å²) >= 11 is 3.78. The molecule has 0 N–H and O–H groups in total. The van der Waals surface area contributed by atoms with Crippen LogP contribution in [0.3, 0.4) is 0 Å². The summed E-state index contributed by atoms with van der Waals surface area (Å²) < 4.78 is 26.7. The number of carbonyl (C=O) groups is 1. The zero-order valence-electron chi connectivity index (χ0n) is 24.8. The summed E-state index contributed by atoms with van der Waals surface area (Å²) in [4.78, 5) is 12.8. The summed E-state index contributed by atoms with van der Waals surface area (Å²) in [6.07, 6.45) is -0.537. The third kappa shape index (κ3) is 10.1. The van der Waals surface area contributed by atoms with Crippen molar-refractivity contribution < 1.29 is 23.7 Å².